The van der Waals surface area contributed by atoms with Crippen LogP contribution >= 0.6 is 11.3 Å². The van der Waals surface area contributed by atoms with Crippen molar-refractivity contribution < 1.29 is 0 Å². The van der Waals surface area contributed by atoms with Crippen molar-refractivity contribution in [3.05, 3.63) is 17.8 Å². The fraction of sp³-hybridized carbons (Fsp3) is 0.538. The van der Waals surface area contributed by atoms with Crippen LogP contribution in [0.4, 0.5) is 5.82 Å². The van der Waals surface area contributed by atoms with Crippen LogP contribution in [0.1, 0.15) is 19.8 Å². The topological polar surface area (TPSA) is 41.1 Å². The van der Waals surface area contributed by atoms with Crippen molar-refractivity contribution in [3.63, 3.8) is 0 Å². The van der Waals surface area contributed by atoms with Crippen LogP contribution < -0.4 is 5.32 Å². The summed E-state index contributed by atoms with van der Waals surface area (Å²) in [7, 11) is 0. The summed E-state index contributed by atoms with van der Waals surface area (Å²) in [6, 6.07) is 2.65. The Kier molecular flexibility index (Phi) is 3.43. The summed E-state index contributed by atoms with van der Waals surface area (Å²) in [6.07, 6.45) is 4.32. The second-order valence-electron chi connectivity index (χ2n) is 4.83. The van der Waals surface area contributed by atoms with Crippen molar-refractivity contribution in [2.45, 2.75) is 25.8 Å². The van der Waals surface area contributed by atoms with Gasteiger partial charge in [-0.15, -0.1) is 11.3 Å². The predicted octanol–water partition coefficient (Wildman–Crippen LogP) is 2.59. The summed E-state index contributed by atoms with van der Waals surface area (Å²) in [6.45, 7) is 5.70. The maximum Gasteiger partial charge on any atom is 0.138 e. The Hall–Kier alpha value is -1.20. The van der Waals surface area contributed by atoms with Crippen molar-refractivity contribution in [2.75, 3.05) is 25.0 Å². The fourth-order valence-electron chi connectivity index (χ4n) is 2.49. The first-order chi connectivity index (χ1) is 8.84. The number of nitrogens with one attached hydrogen (secondary N) is 1. The second kappa shape index (κ2) is 5.20. The number of hydrogen-bond acceptors (Lipinski definition) is 5. The fourth-order valence-corrected chi connectivity index (χ4v) is 3.22. The minimum atomic E-state index is 0.566. The van der Waals surface area contributed by atoms with Gasteiger partial charge < -0.3 is 5.32 Å². The molecule has 1 unspecified atom stereocenters. The molecule has 3 heterocycles. The van der Waals surface area contributed by atoms with Crippen molar-refractivity contribution in [2.24, 2.45) is 0 Å². The van der Waals surface area contributed by atoms with Gasteiger partial charge in [-0.3, -0.25) is 4.90 Å². The van der Waals surface area contributed by atoms with Gasteiger partial charge in [0.2, 0.25) is 0 Å². The maximum atomic E-state index is 4.34. The highest BCUT2D eigenvalue weighted by atomic mass is 32.1. The molecule has 1 fully saturated rings. The van der Waals surface area contributed by atoms with Gasteiger partial charge in [-0.05, 0) is 44.3 Å². The molecule has 2 aromatic heterocycles. The Bertz CT molecular complexity index is 518. The molecular weight excluding hydrogens is 244 g/mol. The summed E-state index contributed by atoms with van der Waals surface area (Å²) < 4.78 is 0. The number of hydrogen-bond donors (Lipinski definition) is 1. The molecule has 0 radical (unpaired) electrons. The average molecular weight is 262 g/mol. The second-order valence-corrected chi connectivity index (χ2v) is 5.73. The summed E-state index contributed by atoms with van der Waals surface area (Å²) >= 11 is 1.66. The highest BCUT2D eigenvalue weighted by molar-refractivity contribution is 7.16. The zero-order valence-corrected chi connectivity index (χ0v) is 11.4. The average Bonchev–Trinajstić information content (AvgIpc) is 3.05. The van der Waals surface area contributed by atoms with E-state index in [4.69, 9.17) is 0 Å². The van der Waals surface area contributed by atoms with Crippen molar-refractivity contribution in [3.8, 4) is 0 Å². The Morgan fingerprint density at radius 1 is 1.39 bits per heavy atom. The molecule has 1 aliphatic rings. The standard InChI is InChI=1S/C13H18N4S/c1-10(17-5-2-3-6-17)8-14-12-11-4-7-18-13(11)16-9-15-12/h4,7,9-10H,2-3,5-6,8H2,1H3,(H,14,15,16). The molecule has 0 spiro atoms. The van der Waals surface area contributed by atoms with Gasteiger partial charge in [0.1, 0.15) is 17.0 Å². The number of rotatable bonds is 4. The lowest BCUT2D eigenvalue weighted by Crippen LogP contribution is -2.35. The van der Waals surface area contributed by atoms with Gasteiger partial charge in [-0.25, -0.2) is 9.97 Å². The molecular formula is C13H18N4S. The van der Waals surface area contributed by atoms with E-state index < -0.39 is 0 Å². The molecule has 1 N–H and O–H groups in total. The normalized spacial score (nSPS) is 18.3. The third-order valence-electron chi connectivity index (χ3n) is 3.59. The van der Waals surface area contributed by atoms with E-state index in [1.54, 1.807) is 17.7 Å². The smallest absolute Gasteiger partial charge is 0.138 e. The zero-order chi connectivity index (χ0) is 12.4. The Balaban J connectivity index is 1.67. The van der Waals surface area contributed by atoms with Gasteiger partial charge in [0.25, 0.3) is 0 Å². The van der Waals surface area contributed by atoms with E-state index in [2.05, 4.69) is 38.6 Å². The van der Waals surface area contributed by atoms with E-state index in [-0.39, 0.29) is 0 Å². The van der Waals surface area contributed by atoms with Gasteiger partial charge in [-0.1, -0.05) is 0 Å². The largest absolute Gasteiger partial charge is 0.368 e. The van der Waals surface area contributed by atoms with Crippen LogP contribution in [0.5, 0.6) is 0 Å². The van der Waals surface area contributed by atoms with E-state index in [1.165, 1.54) is 25.9 Å². The van der Waals surface area contributed by atoms with Crippen LogP contribution in [0.15, 0.2) is 17.8 Å². The van der Waals surface area contributed by atoms with Gasteiger partial charge >= 0.3 is 0 Å². The van der Waals surface area contributed by atoms with Crippen LogP contribution in [-0.2, 0) is 0 Å². The van der Waals surface area contributed by atoms with Crippen LogP contribution in [-0.4, -0.2) is 40.5 Å². The quantitative estimate of drug-likeness (QED) is 0.919. The first kappa shape index (κ1) is 11.9. The molecule has 0 aromatic carbocycles. The Morgan fingerprint density at radius 2 is 2.22 bits per heavy atom. The van der Waals surface area contributed by atoms with Crippen molar-refractivity contribution >= 4 is 27.4 Å². The van der Waals surface area contributed by atoms with Gasteiger partial charge in [0.05, 0.1) is 5.39 Å². The van der Waals surface area contributed by atoms with Crippen LogP contribution in [0.3, 0.4) is 0 Å². The number of anilines is 1. The number of likely N-dealkylation sites (tertiary alicyclic amines) is 1. The lowest BCUT2D eigenvalue weighted by Gasteiger charge is -2.24. The molecule has 0 saturated carbocycles. The van der Waals surface area contributed by atoms with E-state index >= 15 is 0 Å². The molecule has 0 bridgehead atoms. The number of fused-ring (bicyclic) bond motifs is 1. The Labute approximate surface area is 111 Å². The van der Waals surface area contributed by atoms with Crippen LogP contribution in [0, 0.1) is 0 Å². The molecule has 18 heavy (non-hydrogen) atoms. The summed E-state index contributed by atoms with van der Waals surface area (Å²) in [5.41, 5.74) is 0. The van der Waals surface area contributed by atoms with E-state index in [1.807, 2.05) is 0 Å². The molecule has 3 rings (SSSR count). The Morgan fingerprint density at radius 3 is 3.06 bits per heavy atom. The molecule has 2 aromatic rings. The SMILES string of the molecule is CC(CNc1ncnc2sccc12)N1CCCC1. The minimum Gasteiger partial charge on any atom is -0.368 e. The summed E-state index contributed by atoms with van der Waals surface area (Å²) in [5.74, 6) is 0.965. The minimum absolute atomic E-state index is 0.566. The van der Waals surface area contributed by atoms with E-state index in [0.29, 0.717) is 6.04 Å². The van der Waals surface area contributed by atoms with Gasteiger partial charge in [0.15, 0.2) is 0 Å². The lowest BCUT2D eigenvalue weighted by molar-refractivity contribution is 0.269. The first-order valence-corrected chi connectivity index (χ1v) is 7.38. The molecule has 1 aliphatic heterocycles. The lowest BCUT2D eigenvalue weighted by atomic mass is 10.3. The third-order valence-corrected chi connectivity index (χ3v) is 4.41. The third kappa shape index (κ3) is 2.33. The molecule has 5 heteroatoms. The summed E-state index contributed by atoms with van der Waals surface area (Å²) in [4.78, 5) is 12.2. The molecule has 0 aliphatic carbocycles. The van der Waals surface area contributed by atoms with Gasteiger partial charge in [0, 0.05) is 12.6 Å². The molecule has 1 saturated heterocycles. The van der Waals surface area contributed by atoms with Crippen LogP contribution in [0.25, 0.3) is 10.2 Å². The van der Waals surface area contributed by atoms with E-state index in [9.17, 15) is 0 Å². The highest BCUT2D eigenvalue weighted by Crippen LogP contribution is 2.23. The highest BCUT2D eigenvalue weighted by Gasteiger charge is 2.18. The number of aromatic nitrogens is 2. The first-order valence-electron chi connectivity index (χ1n) is 6.51. The number of nitrogens with zero attached hydrogens (tertiary/aromatic N) is 3. The van der Waals surface area contributed by atoms with Crippen LogP contribution in [0.2, 0.25) is 0 Å². The number of thiophene rings is 1. The molecule has 4 nitrogen and oxygen atoms in total. The monoisotopic (exact) mass is 262 g/mol. The molecule has 0 amide bonds. The van der Waals surface area contributed by atoms with Crippen molar-refractivity contribution in [1.29, 1.82) is 0 Å². The maximum absolute atomic E-state index is 4.34. The van der Waals surface area contributed by atoms with Crippen molar-refractivity contribution in [1.82, 2.24) is 14.9 Å². The summed E-state index contributed by atoms with van der Waals surface area (Å²) in [5, 5.41) is 6.66. The molecule has 96 valence electrons. The molecule has 1 atom stereocenters. The van der Waals surface area contributed by atoms with Gasteiger partial charge in [-0.2, -0.15) is 0 Å². The zero-order valence-electron chi connectivity index (χ0n) is 10.6. The predicted molar refractivity (Wildman–Crippen MR) is 76.2 cm³/mol. The van der Waals surface area contributed by atoms with E-state index in [0.717, 1.165) is 22.6 Å².